The van der Waals surface area contributed by atoms with E-state index in [0.29, 0.717) is 11.3 Å². The van der Waals surface area contributed by atoms with Crippen molar-refractivity contribution < 1.29 is 4.74 Å². The Kier molecular flexibility index (Phi) is 3.96. The Bertz CT molecular complexity index is 404. The molecule has 0 saturated carbocycles. The Hall–Kier alpha value is -1.02. The maximum atomic E-state index is 5.39. The molecule has 1 aromatic rings. The third-order valence-electron chi connectivity index (χ3n) is 4.69. The van der Waals surface area contributed by atoms with Gasteiger partial charge < -0.3 is 9.64 Å². The first-order chi connectivity index (χ1) is 8.62. The summed E-state index contributed by atoms with van der Waals surface area (Å²) in [4.78, 5) is 2.45. The van der Waals surface area contributed by atoms with Gasteiger partial charge in [-0.25, -0.2) is 0 Å². The highest BCUT2D eigenvalue weighted by Gasteiger charge is 2.42. The minimum Gasteiger partial charge on any atom is -0.497 e. The second-order valence-corrected chi connectivity index (χ2v) is 5.69. The molecule has 1 heterocycles. The molecule has 1 aliphatic heterocycles. The van der Waals surface area contributed by atoms with E-state index in [0.717, 1.165) is 12.3 Å². The molecule has 18 heavy (non-hydrogen) atoms. The Labute approximate surface area is 111 Å². The first kappa shape index (κ1) is 13.4. The van der Waals surface area contributed by atoms with Crippen molar-refractivity contribution in [1.29, 1.82) is 0 Å². The third kappa shape index (κ3) is 2.26. The molecule has 1 saturated heterocycles. The van der Waals surface area contributed by atoms with Crippen LogP contribution in [0, 0.1) is 5.92 Å². The van der Waals surface area contributed by atoms with E-state index in [4.69, 9.17) is 4.74 Å². The normalized spacial score (nSPS) is 26.2. The molecule has 0 bridgehead atoms. The molecule has 2 nitrogen and oxygen atoms in total. The first-order valence-electron chi connectivity index (χ1n) is 6.95. The molecule has 2 atom stereocenters. The number of benzene rings is 1. The number of likely N-dealkylation sites (tertiary alicyclic amines) is 1. The number of hydrogen-bond acceptors (Lipinski definition) is 2. The summed E-state index contributed by atoms with van der Waals surface area (Å²) < 4.78 is 5.39. The fraction of sp³-hybridized carbons (Fsp3) is 0.625. The highest BCUT2D eigenvalue weighted by atomic mass is 16.5. The summed E-state index contributed by atoms with van der Waals surface area (Å²) in [6, 6.07) is 8.66. The van der Waals surface area contributed by atoms with Gasteiger partial charge in [-0.05, 0) is 43.6 Å². The van der Waals surface area contributed by atoms with Crippen molar-refractivity contribution >= 4 is 0 Å². The van der Waals surface area contributed by atoms with Crippen molar-refractivity contribution in [3.63, 3.8) is 0 Å². The van der Waals surface area contributed by atoms with Crippen LogP contribution in [-0.4, -0.2) is 32.1 Å². The molecule has 2 heteroatoms. The van der Waals surface area contributed by atoms with Gasteiger partial charge in [0.05, 0.1) is 7.11 Å². The highest BCUT2D eigenvalue weighted by Crippen LogP contribution is 2.42. The molecule has 0 aliphatic carbocycles. The van der Waals surface area contributed by atoms with Gasteiger partial charge in [-0.15, -0.1) is 0 Å². The standard InChI is InChI=1S/C16H25NO/c1-5-13(2)16(9-10-17(3)12-16)14-7-6-8-15(11-14)18-4/h6-8,11,13H,5,9-10,12H2,1-4H3/t13-,16+/m0/s1. The molecular formula is C16H25NO. The minimum absolute atomic E-state index is 0.304. The van der Waals surface area contributed by atoms with Crippen LogP contribution in [0.1, 0.15) is 32.3 Å². The zero-order valence-electron chi connectivity index (χ0n) is 12.1. The van der Waals surface area contributed by atoms with Gasteiger partial charge >= 0.3 is 0 Å². The molecule has 0 amide bonds. The average Bonchev–Trinajstić information content (AvgIpc) is 2.81. The van der Waals surface area contributed by atoms with Crippen LogP contribution in [0.5, 0.6) is 5.75 Å². The predicted molar refractivity (Wildman–Crippen MR) is 76.2 cm³/mol. The average molecular weight is 247 g/mol. The van der Waals surface area contributed by atoms with Gasteiger partial charge in [-0.1, -0.05) is 32.4 Å². The van der Waals surface area contributed by atoms with Crippen LogP contribution < -0.4 is 4.74 Å². The number of hydrogen-bond donors (Lipinski definition) is 0. The molecule has 100 valence electrons. The predicted octanol–water partition coefficient (Wildman–Crippen LogP) is 3.31. The van der Waals surface area contributed by atoms with Gasteiger partial charge in [0.1, 0.15) is 5.75 Å². The summed E-state index contributed by atoms with van der Waals surface area (Å²) >= 11 is 0. The van der Waals surface area contributed by atoms with Gasteiger partial charge in [0, 0.05) is 12.0 Å². The molecule has 0 unspecified atom stereocenters. The number of likely N-dealkylation sites (N-methyl/N-ethyl adjacent to an activating group) is 1. The summed E-state index contributed by atoms with van der Waals surface area (Å²) in [7, 11) is 3.97. The van der Waals surface area contributed by atoms with Crippen molar-refractivity contribution in [2.45, 2.75) is 32.1 Å². The summed E-state index contributed by atoms with van der Waals surface area (Å²) in [5.41, 5.74) is 1.75. The van der Waals surface area contributed by atoms with Gasteiger partial charge in [-0.3, -0.25) is 0 Å². The van der Waals surface area contributed by atoms with Crippen LogP contribution in [0.4, 0.5) is 0 Å². The van der Waals surface area contributed by atoms with Crippen LogP contribution in [0.25, 0.3) is 0 Å². The van der Waals surface area contributed by atoms with Crippen molar-refractivity contribution in [3.8, 4) is 5.75 Å². The molecule has 1 aliphatic rings. The largest absolute Gasteiger partial charge is 0.497 e. The Morgan fingerprint density at radius 1 is 1.44 bits per heavy atom. The lowest BCUT2D eigenvalue weighted by atomic mass is 9.69. The fourth-order valence-electron chi connectivity index (χ4n) is 3.28. The lowest BCUT2D eigenvalue weighted by Gasteiger charge is -2.36. The quantitative estimate of drug-likeness (QED) is 0.809. The lowest BCUT2D eigenvalue weighted by molar-refractivity contribution is 0.272. The van der Waals surface area contributed by atoms with Crippen molar-refractivity contribution in [1.82, 2.24) is 4.90 Å². The van der Waals surface area contributed by atoms with Crippen molar-refractivity contribution in [2.24, 2.45) is 5.92 Å². The van der Waals surface area contributed by atoms with E-state index in [9.17, 15) is 0 Å². The van der Waals surface area contributed by atoms with Gasteiger partial charge in [0.15, 0.2) is 0 Å². The van der Waals surface area contributed by atoms with E-state index < -0.39 is 0 Å². The highest BCUT2D eigenvalue weighted by molar-refractivity contribution is 5.36. The lowest BCUT2D eigenvalue weighted by Crippen LogP contribution is -2.36. The van der Waals surface area contributed by atoms with E-state index in [1.165, 1.54) is 24.9 Å². The van der Waals surface area contributed by atoms with Crippen LogP contribution in [0.2, 0.25) is 0 Å². The molecule has 0 N–H and O–H groups in total. The summed E-state index contributed by atoms with van der Waals surface area (Å²) in [6.07, 6.45) is 2.48. The summed E-state index contributed by atoms with van der Waals surface area (Å²) in [5.74, 6) is 1.68. The van der Waals surface area contributed by atoms with Crippen LogP contribution in [0.3, 0.4) is 0 Å². The first-order valence-corrected chi connectivity index (χ1v) is 6.95. The van der Waals surface area contributed by atoms with Crippen LogP contribution in [0.15, 0.2) is 24.3 Å². The molecule has 2 rings (SSSR count). The van der Waals surface area contributed by atoms with E-state index >= 15 is 0 Å². The summed E-state index contributed by atoms with van der Waals surface area (Å²) in [5, 5.41) is 0. The van der Waals surface area contributed by atoms with Crippen LogP contribution >= 0.6 is 0 Å². The van der Waals surface area contributed by atoms with Crippen LogP contribution in [-0.2, 0) is 5.41 Å². The SMILES string of the molecule is CC[C@H](C)[C@@]1(c2cccc(OC)c2)CCN(C)C1. The van der Waals surface area contributed by atoms with Gasteiger partial charge in [-0.2, -0.15) is 0 Å². The monoisotopic (exact) mass is 247 g/mol. The Morgan fingerprint density at radius 3 is 2.78 bits per heavy atom. The molecule has 1 aromatic carbocycles. The number of rotatable bonds is 4. The smallest absolute Gasteiger partial charge is 0.119 e. The molecular weight excluding hydrogens is 222 g/mol. The van der Waals surface area contributed by atoms with E-state index in [1.807, 2.05) is 6.07 Å². The Morgan fingerprint density at radius 2 is 2.22 bits per heavy atom. The molecule has 1 fully saturated rings. The third-order valence-corrected chi connectivity index (χ3v) is 4.69. The maximum Gasteiger partial charge on any atom is 0.119 e. The molecule has 0 radical (unpaired) electrons. The zero-order valence-corrected chi connectivity index (χ0v) is 12.1. The summed E-state index contributed by atoms with van der Waals surface area (Å²) in [6.45, 7) is 7.04. The fourth-order valence-corrected chi connectivity index (χ4v) is 3.28. The second kappa shape index (κ2) is 5.31. The van der Waals surface area contributed by atoms with E-state index in [1.54, 1.807) is 7.11 Å². The number of methoxy groups -OCH3 is 1. The molecule has 0 spiro atoms. The van der Waals surface area contributed by atoms with Gasteiger partial charge in [0.2, 0.25) is 0 Å². The van der Waals surface area contributed by atoms with Crippen molar-refractivity contribution in [2.75, 3.05) is 27.2 Å². The molecule has 0 aromatic heterocycles. The van der Waals surface area contributed by atoms with E-state index in [2.05, 4.69) is 44.0 Å². The number of nitrogens with zero attached hydrogens (tertiary/aromatic N) is 1. The van der Waals surface area contributed by atoms with Gasteiger partial charge in [0.25, 0.3) is 0 Å². The van der Waals surface area contributed by atoms with Crippen molar-refractivity contribution in [3.05, 3.63) is 29.8 Å². The topological polar surface area (TPSA) is 12.5 Å². The Balaban J connectivity index is 2.40. The minimum atomic E-state index is 0.304. The van der Waals surface area contributed by atoms with E-state index in [-0.39, 0.29) is 0 Å². The second-order valence-electron chi connectivity index (χ2n) is 5.69. The number of ether oxygens (including phenoxy) is 1. The maximum absolute atomic E-state index is 5.39. The zero-order chi connectivity index (χ0) is 13.2.